The Bertz CT molecular complexity index is 19.5. The van der Waals surface area contributed by atoms with Gasteiger partial charge in [0.25, 0.3) is 0 Å². The van der Waals surface area contributed by atoms with Crippen LogP contribution in [-0.4, -0.2) is 27.0 Å². The van der Waals surface area contributed by atoms with Crippen molar-refractivity contribution >= 4 is 26.7 Å². The van der Waals surface area contributed by atoms with Crippen LogP contribution in [0.1, 0.15) is 0 Å². The summed E-state index contributed by atoms with van der Waals surface area (Å²) >= 11 is 2.85. The van der Waals surface area contributed by atoms with Crippen molar-refractivity contribution in [3.63, 3.8) is 0 Å². The van der Waals surface area contributed by atoms with E-state index in [2.05, 4.69) is 12.1 Å². The van der Waals surface area contributed by atoms with Crippen LogP contribution in [0.4, 0.5) is 0 Å². The molecule has 0 aromatic rings. The summed E-state index contributed by atoms with van der Waals surface area (Å²) in [7, 11) is 0. The molecule has 0 amide bonds. The molecule has 0 atom stereocenters. The van der Waals surface area contributed by atoms with Crippen LogP contribution < -0.4 is 0 Å². The van der Waals surface area contributed by atoms with Crippen molar-refractivity contribution in [2.24, 2.45) is 0 Å². The van der Waals surface area contributed by atoms with Crippen molar-refractivity contribution < 1.29 is 0 Å². The first-order valence-corrected chi connectivity index (χ1v) is 6.21. The summed E-state index contributed by atoms with van der Waals surface area (Å²) in [6, 6.07) is 0. The summed E-state index contributed by atoms with van der Waals surface area (Å²) < 4.78 is 0. The Morgan fingerprint density at radius 2 is 2.33 bits per heavy atom. The number of hydrogen-bond donors (Lipinski definition) is 0. The maximum atomic E-state index is 2.28. The van der Waals surface area contributed by atoms with Crippen molar-refractivity contribution in [1.29, 1.82) is 0 Å². The van der Waals surface area contributed by atoms with E-state index in [-0.39, 0.29) is 0 Å². The first kappa shape index (κ1) is 6.87. The van der Waals surface area contributed by atoms with Crippen molar-refractivity contribution in [3.8, 4) is 0 Å². The van der Waals surface area contributed by atoms with Crippen LogP contribution in [0.3, 0.4) is 0 Å². The zero-order chi connectivity index (χ0) is 4.83. The van der Waals surface area contributed by atoms with Gasteiger partial charge in [0.15, 0.2) is 0 Å². The van der Waals surface area contributed by atoms with Gasteiger partial charge in [-0.3, -0.25) is 0 Å². The summed E-state index contributed by atoms with van der Waals surface area (Å²) in [4.78, 5) is 0. The van der Waals surface area contributed by atoms with Gasteiger partial charge in [-0.15, -0.1) is 0 Å². The van der Waals surface area contributed by atoms with Gasteiger partial charge >= 0.3 is 49.9 Å². The average Bonchev–Trinajstić information content (AvgIpc) is 1.61. The molecule has 0 fully saturated rings. The molecule has 0 radical (unpaired) electrons. The van der Waals surface area contributed by atoms with E-state index >= 15 is 0 Å². The normalized spacial score (nSPS) is 9.00. The van der Waals surface area contributed by atoms with Gasteiger partial charge in [-0.2, -0.15) is 0 Å². The van der Waals surface area contributed by atoms with Gasteiger partial charge in [-0.05, 0) is 0 Å². The molecule has 2 heteroatoms. The van der Waals surface area contributed by atoms with Crippen molar-refractivity contribution in [2.45, 2.75) is 11.1 Å². The van der Waals surface area contributed by atoms with Crippen molar-refractivity contribution in [1.82, 2.24) is 0 Å². The number of rotatable bonds is 3. The average molecular weight is 169 g/mol. The predicted molar refractivity (Wildman–Crippen MR) is 34.8 cm³/mol. The summed E-state index contributed by atoms with van der Waals surface area (Å²) in [5.74, 6) is 3.64. The van der Waals surface area contributed by atoms with Gasteiger partial charge in [0.1, 0.15) is 0 Å². The molecule has 0 unspecified atom stereocenters. The summed E-state index contributed by atoms with van der Waals surface area (Å²) in [5, 5.41) is 1.44. The molecule has 0 aromatic carbocycles. The summed E-state index contributed by atoms with van der Waals surface area (Å²) in [6.07, 6.45) is 2.16. The van der Waals surface area contributed by atoms with Gasteiger partial charge in [-0.25, -0.2) is 0 Å². The second-order valence-electron chi connectivity index (χ2n) is 0.986. The second kappa shape index (κ2) is 5.87. The molecule has 0 saturated heterocycles. The molecule has 0 bridgehead atoms. The Morgan fingerprint density at radius 3 is 2.50 bits per heavy atom. The molecule has 0 aliphatic carbocycles. The van der Waals surface area contributed by atoms with Crippen LogP contribution >= 0.6 is 11.8 Å². The monoisotopic (exact) mass is 170 g/mol. The molecule has 0 nitrogen and oxygen atoms in total. The molecule has 0 aromatic heterocycles. The third kappa shape index (κ3) is 4.87. The minimum atomic E-state index is 0.906. The zero-order valence-corrected chi connectivity index (χ0v) is 6.76. The van der Waals surface area contributed by atoms with Gasteiger partial charge in [0, 0.05) is 0 Å². The summed E-state index contributed by atoms with van der Waals surface area (Å²) in [6.45, 7) is 0. The van der Waals surface area contributed by atoms with E-state index in [1.165, 1.54) is 11.1 Å². The summed E-state index contributed by atoms with van der Waals surface area (Å²) in [5.41, 5.74) is 0. The molecule has 0 aliphatic rings. The van der Waals surface area contributed by atoms with Crippen molar-refractivity contribution in [3.05, 3.63) is 0 Å². The molecule has 0 heterocycles. The number of hydrogen-bond acceptors (Lipinski definition) is 1. The molecule has 6 heavy (non-hydrogen) atoms. The Hall–Kier alpha value is 0.869. The maximum absolute atomic E-state index is 2.28. The molecule has 0 aliphatic heterocycles. The quantitative estimate of drug-likeness (QED) is 0.456. The molecule has 0 saturated carbocycles. The van der Waals surface area contributed by atoms with E-state index in [1.807, 2.05) is 11.8 Å². The fraction of sp³-hybridized carbons (Fsp3) is 1.00. The fourth-order valence-electron chi connectivity index (χ4n) is 0.167. The van der Waals surface area contributed by atoms with Gasteiger partial charge in [0.2, 0.25) is 0 Å². The third-order valence-corrected chi connectivity index (χ3v) is 2.97. The van der Waals surface area contributed by atoms with E-state index in [0.29, 0.717) is 0 Å². The van der Waals surface area contributed by atoms with Crippen LogP contribution in [0.5, 0.6) is 0 Å². The Morgan fingerprint density at radius 1 is 1.67 bits per heavy atom. The van der Waals surface area contributed by atoms with E-state index in [4.69, 9.17) is 0 Å². The van der Waals surface area contributed by atoms with E-state index in [0.717, 1.165) is 15.0 Å². The second-order valence-corrected chi connectivity index (χ2v) is 4.04. The Balaban J connectivity index is 2.34. The topological polar surface area (TPSA) is 0 Å². The van der Waals surface area contributed by atoms with Gasteiger partial charge in [0.05, 0.1) is 0 Å². The molecule has 0 spiro atoms. The molecule has 0 rings (SSSR count). The van der Waals surface area contributed by atoms with Crippen molar-refractivity contribution in [2.75, 3.05) is 12.0 Å². The standard InChI is InChI=1S/C4H10SSe/c1-5-3-4-6-2/h3-4H2,1-2H3. The zero-order valence-electron chi connectivity index (χ0n) is 4.23. The molecular formula is C4H10SSe. The van der Waals surface area contributed by atoms with Gasteiger partial charge < -0.3 is 0 Å². The number of thioether (sulfide) groups is 1. The Labute approximate surface area is 50.2 Å². The van der Waals surface area contributed by atoms with E-state index in [1.54, 1.807) is 0 Å². The molecule has 38 valence electrons. The first-order valence-electron chi connectivity index (χ1n) is 1.89. The predicted octanol–water partition coefficient (Wildman–Crippen LogP) is 1.52. The fourth-order valence-corrected chi connectivity index (χ4v) is 2.60. The van der Waals surface area contributed by atoms with Crippen LogP contribution in [0.15, 0.2) is 0 Å². The van der Waals surface area contributed by atoms with Gasteiger partial charge in [-0.1, -0.05) is 0 Å². The van der Waals surface area contributed by atoms with Crippen LogP contribution in [0.2, 0.25) is 11.1 Å². The van der Waals surface area contributed by atoms with Crippen LogP contribution in [0.25, 0.3) is 0 Å². The van der Waals surface area contributed by atoms with E-state index < -0.39 is 0 Å². The third-order valence-electron chi connectivity index (χ3n) is 0.492. The van der Waals surface area contributed by atoms with Crippen LogP contribution in [0, 0.1) is 0 Å². The molecular weight excluding hydrogens is 159 g/mol. The minimum absolute atomic E-state index is 0.906. The Kier molecular flexibility index (Phi) is 6.72. The molecule has 0 N–H and O–H groups in total. The SMILES string of the molecule is CSCC[Se]C. The van der Waals surface area contributed by atoms with E-state index in [9.17, 15) is 0 Å². The van der Waals surface area contributed by atoms with Crippen LogP contribution in [-0.2, 0) is 0 Å². The first-order chi connectivity index (χ1) is 2.91.